The van der Waals surface area contributed by atoms with Crippen LogP contribution < -0.4 is 0 Å². The average molecular weight is 193 g/mol. The third-order valence-corrected chi connectivity index (χ3v) is 1.92. The van der Waals surface area contributed by atoms with Crippen molar-refractivity contribution in [2.75, 3.05) is 14.2 Å². The van der Waals surface area contributed by atoms with Crippen LogP contribution in [-0.4, -0.2) is 30.6 Å². The Labute approximate surface area is 84.2 Å². The molecule has 0 aliphatic carbocycles. The molecular formula is C11H15NO2. The lowest BCUT2D eigenvalue weighted by molar-refractivity contribution is -0.184. The molecule has 0 heterocycles. The molecule has 3 nitrogen and oxygen atoms in total. The average Bonchev–Trinajstić information content (AvgIpc) is 2.26. The van der Waals surface area contributed by atoms with Gasteiger partial charge in [0.15, 0.2) is 0 Å². The highest BCUT2D eigenvalue weighted by molar-refractivity contribution is 5.49. The number of aliphatic hydroxyl groups is 1. The summed E-state index contributed by atoms with van der Waals surface area (Å²) >= 11 is 0. The minimum absolute atomic E-state index is 0.722. The van der Waals surface area contributed by atoms with Gasteiger partial charge in [0.2, 0.25) is 0 Å². The Morgan fingerprint density at radius 2 is 2.00 bits per heavy atom. The van der Waals surface area contributed by atoms with Gasteiger partial charge in [-0.05, 0) is 11.6 Å². The standard InChI is InChI=1S/C11H15NO2/c1-12(14-2)11(13)9-8-10-6-4-3-5-7-10/h3-9,11,13H,1-2H3/b9-8-. The van der Waals surface area contributed by atoms with Crippen LogP contribution in [-0.2, 0) is 4.84 Å². The number of rotatable bonds is 4. The van der Waals surface area contributed by atoms with Gasteiger partial charge in [0, 0.05) is 7.05 Å². The van der Waals surface area contributed by atoms with Gasteiger partial charge in [-0.3, -0.25) is 4.84 Å². The van der Waals surface area contributed by atoms with E-state index in [4.69, 9.17) is 4.84 Å². The summed E-state index contributed by atoms with van der Waals surface area (Å²) in [4.78, 5) is 4.83. The van der Waals surface area contributed by atoms with Crippen molar-refractivity contribution < 1.29 is 9.94 Å². The van der Waals surface area contributed by atoms with Crippen molar-refractivity contribution in [2.45, 2.75) is 6.23 Å². The molecule has 3 heteroatoms. The SMILES string of the molecule is CON(C)C(O)/C=C\c1ccccc1. The summed E-state index contributed by atoms with van der Waals surface area (Å²) in [5, 5.41) is 10.9. The molecule has 0 saturated heterocycles. The fraction of sp³-hybridized carbons (Fsp3) is 0.273. The zero-order chi connectivity index (χ0) is 10.4. The summed E-state index contributed by atoms with van der Waals surface area (Å²) in [5.41, 5.74) is 1.05. The van der Waals surface area contributed by atoms with E-state index in [9.17, 15) is 5.11 Å². The fourth-order valence-corrected chi connectivity index (χ4v) is 0.991. The molecule has 0 spiro atoms. The number of nitrogens with zero attached hydrogens (tertiary/aromatic N) is 1. The Balaban J connectivity index is 2.56. The maximum absolute atomic E-state index is 9.49. The predicted octanol–water partition coefficient (Wildman–Crippen LogP) is 1.51. The Bertz CT molecular complexity index is 285. The zero-order valence-electron chi connectivity index (χ0n) is 8.42. The van der Waals surface area contributed by atoms with E-state index in [0.29, 0.717) is 0 Å². The second-order valence-electron chi connectivity index (χ2n) is 2.91. The largest absolute Gasteiger partial charge is 0.373 e. The zero-order valence-corrected chi connectivity index (χ0v) is 8.42. The molecule has 76 valence electrons. The molecule has 0 bridgehead atoms. The van der Waals surface area contributed by atoms with E-state index in [0.717, 1.165) is 5.56 Å². The molecule has 1 aromatic rings. The monoisotopic (exact) mass is 193 g/mol. The highest BCUT2D eigenvalue weighted by atomic mass is 16.7. The molecule has 0 amide bonds. The second-order valence-corrected chi connectivity index (χ2v) is 2.91. The molecule has 1 rings (SSSR count). The first kappa shape index (κ1) is 10.9. The van der Waals surface area contributed by atoms with Crippen LogP contribution in [0.1, 0.15) is 5.56 Å². The first-order chi connectivity index (χ1) is 6.74. The molecule has 1 atom stereocenters. The van der Waals surface area contributed by atoms with Crippen molar-refractivity contribution >= 4 is 6.08 Å². The summed E-state index contributed by atoms with van der Waals surface area (Å²) in [6, 6.07) is 9.79. The van der Waals surface area contributed by atoms with E-state index < -0.39 is 6.23 Å². The van der Waals surface area contributed by atoms with Crippen LogP contribution in [0.4, 0.5) is 0 Å². The van der Waals surface area contributed by atoms with Crippen LogP contribution in [0.5, 0.6) is 0 Å². The van der Waals surface area contributed by atoms with Gasteiger partial charge < -0.3 is 5.11 Å². The molecule has 14 heavy (non-hydrogen) atoms. The summed E-state index contributed by atoms with van der Waals surface area (Å²) in [6.07, 6.45) is 2.79. The van der Waals surface area contributed by atoms with E-state index in [2.05, 4.69) is 0 Å². The molecule has 1 unspecified atom stereocenters. The van der Waals surface area contributed by atoms with Crippen molar-refractivity contribution in [2.24, 2.45) is 0 Å². The minimum Gasteiger partial charge on any atom is -0.373 e. The van der Waals surface area contributed by atoms with Gasteiger partial charge in [-0.25, -0.2) is 0 Å². The van der Waals surface area contributed by atoms with Crippen molar-refractivity contribution in [1.29, 1.82) is 0 Å². The summed E-state index contributed by atoms with van der Waals surface area (Å²) in [5.74, 6) is 0. The van der Waals surface area contributed by atoms with E-state index in [-0.39, 0.29) is 0 Å². The van der Waals surface area contributed by atoms with Gasteiger partial charge in [0.25, 0.3) is 0 Å². The maximum Gasteiger partial charge on any atom is 0.148 e. The normalized spacial score (nSPS) is 13.7. The molecule has 0 aliphatic heterocycles. The molecule has 0 aliphatic rings. The quantitative estimate of drug-likeness (QED) is 0.581. The van der Waals surface area contributed by atoms with Gasteiger partial charge in [-0.1, -0.05) is 36.4 Å². The van der Waals surface area contributed by atoms with Crippen molar-refractivity contribution in [3.8, 4) is 0 Å². The predicted molar refractivity (Wildman–Crippen MR) is 56.3 cm³/mol. The van der Waals surface area contributed by atoms with E-state index >= 15 is 0 Å². The first-order valence-corrected chi connectivity index (χ1v) is 4.42. The Kier molecular flexibility index (Phi) is 4.32. The van der Waals surface area contributed by atoms with Crippen molar-refractivity contribution in [3.05, 3.63) is 42.0 Å². The van der Waals surface area contributed by atoms with Gasteiger partial charge in [-0.15, -0.1) is 0 Å². The van der Waals surface area contributed by atoms with Crippen molar-refractivity contribution in [3.63, 3.8) is 0 Å². The lowest BCUT2D eigenvalue weighted by Gasteiger charge is -2.16. The molecule has 0 aromatic heterocycles. The first-order valence-electron chi connectivity index (χ1n) is 4.42. The second kappa shape index (κ2) is 5.54. The Morgan fingerprint density at radius 1 is 1.36 bits per heavy atom. The van der Waals surface area contributed by atoms with Gasteiger partial charge in [0.05, 0.1) is 7.11 Å². The number of likely N-dealkylation sites (N-methyl/N-ethyl adjacent to an activating group) is 1. The van der Waals surface area contributed by atoms with Crippen LogP contribution in [0, 0.1) is 0 Å². The maximum atomic E-state index is 9.49. The topological polar surface area (TPSA) is 32.7 Å². The van der Waals surface area contributed by atoms with Gasteiger partial charge >= 0.3 is 0 Å². The lowest BCUT2D eigenvalue weighted by Crippen LogP contribution is -2.28. The smallest absolute Gasteiger partial charge is 0.148 e. The highest BCUT2D eigenvalue weighted by Crippen LogP contribution is 2.03. The number of benzene rings is 1. The van der Waals surface area contributed by atoms with Crippen LogP contribution in [0.3, 0.4) is 0 Å². The molecule has 0 radical (unpaired) electrons. The number of hydrogen-bond acceptors (Lipinski definition) is 3. The Hall–Kier alpha value is -1.16. The van der Waals surface area contributed by atoms with Gasteiger partial charge in [0.1, 0.15) is 6.23 Å². The number of hydroxylamine groups is 2. The Morgan fingerprint density at radius 3 is 2.57 bits per heavy atom. The highest BCUT2D eigenvalue weighted by Gasteiger charge is 2.04. The fourth-order valence-electron chi connectivity index (χ4n) is 0.991. The summed E-state index contributed by atoms with van der Waals surface area (Å²) in [6.45, 7) is 0. The van der Waals surface area contributed by atoms with Crippen LogP contribution in [0.2, 0.25) is 0 Å². The molecule has 0 saturated carbocycles. The van der Waals surface area contributed by atoms with Crippen LogP contribution >= 0.6 is 0 Å². The molecule has 1 aromatic carbocycles. The third-order valence-electron chi connectivity index (χ3n) is 1.92. The molecular weight excluding hydrogens is 178 g/mol. The van der Waals surface area contributed by atoms with Gasteiger partial charge in [-0.2, -0.15) is 5.06 Å². The molecule has 1 N–H and O–H groups in total. The van der Waals surface area contributed by atoms with Crippen LogP contribution in [0.25, 0.3) is 6.08 Å². The number of aliphatic hydroxyl groups excluding tert-OH is 1. The lowest BCUT2D eigenvalue weighted by atomic mass is 10.2. The van der Waals surface area contributed by atoms with E-state index in [1.807, 2.05) is 36.4 Å². The van der Waals surface area contributed by atoms with E-state index in [1.165, 1.54) is 12.2 Å². The van der Waals surface area contributed by atoms with Crippen molar-refractivity contribution in [1.82, 2.24) is 5.06 Å². The van der Waals surface area contributed by atoms with Crippen LogP contribution in [0.15, 0.2) is 36.4 Å². The number of hydrogen-bond donors (Lipinski definition) is 1. The molecule has 0 fully saturated rings. The van der Waals surface area contributed by atoms with E-state index in [1.54, 1.807) is 13.1 Å². The summed E-state index contributed by atoms with van der Waals surface area (Å²) in [7, 11) is 3.18. The third kappa shape index (κ3) is 3.30. The minimum atomic E-state index is -0.722. The summed E-state index contributed by atoms with van der Waals surface area (Å²) < 4.78 is 0.